The Labute approximate surface area is 132 Å². The highest BCUT2D eigenvalue weighted by molar-refractivity contribution is 7.91. The summed E-state index contributed by atoms with van der Waals surface area (Å²) in [4.78, 5) is 1.13. The first-order chi connectivity index (χ1) is 9.95. The van der Waals surface area contributed by atoms with Crippen LogP contribution in [0.4, 0.5) is 0 Å². The molecule has 1 aromatic rings. The lowest BCUT2D eigenvalue weighted by Crippen LogP contribution is -2.34. The highest BCUT2D eigenvalue weighted by atomic mass is 32.2. The Hall–Kier alpha value is -0.430. The lowest BCUT2D eigenvalue weighted by Gasteiger charge is -2.21. The summed E-state index contributed by atoms with van der Waals surface area (Å²) < 4.78 is 27.6. The molecule has 0 aliphatic carbocycles. The fourth-order valence-corrected chi connectivity index (χ4v) is 6.02. The third kappa shape index (κ3) is 4.06. The Kier molecular flexibility index (Phi) is 5.82. The highest BCUT2D eigenvalue weighted by Gasteiger charge is 2.34. The van der Waals surface area contributed by atoms with Crippen molar-refractivity contribution in [2.24, 2.45) is 0 Å². The van der Waals surface area contributed by atoms with Crippen LogP contribution >= 0.6 is 11.3 Å². The van der Waals surface area contributed by atoms with Crippen LogP contribution in [0.2, 0.25) is 0 Å². The number of rotatable bonds is 7. The van der Waals surface area contributed by atoms with Gasteiger partial charge in [0.15, 0.2) is 0 Å². The SMILES string of the molecule is CCC1CCCN1S(=O)(=O)c1ccc(CCNC(C)C)s1. The fraction of sp³-hybridized carbons (Fsp3) is 0.733. The van der Waals surface area contributed by atoms with Gasteiger partial charge in [-0.2, -0.15) is 4.31 Å². The summed E-state index contributed by atoms with van der Waals surface area (Å²) in [6.45, 7) is 7.85. The Morgan fingerprint density at radius 1 is 1.43 bits per heavy atom. The van der Waals surface area contributed by atoms with Crippen molar-refractivity contribution in [2.75, 3.05) is 13.1 Å². The van der Waals surface area contributed by atoms with Crippen LogP contribution in [-0.2, 0) is 16.4 Å². The van der Waals surface area contributed by atoms with Crippen molar-refractivity contribution in [1.29, 1.82) is 0 Å². The van der Waals surface area contributed by atoms with Crippen LogP contribution in [0.1, 0.15) is 44.9 Å². The molecule has 1 aliphatic rings. The molecule has 1 unspecified atom stereocenters. The molecule has 0 aromatic carbocycles. The first kappa shape index (κ1) is 16.9. The van der Waals surface area contributed by atoms with Crippen LogP contribution in [0.15, 0.2) is 16.3 Å². The minimum atomic E-state index is -3.29. The van der Waals surface area contributed by atoms with E-state index in [0.717, 1.165) is 37.1 Å². The monoisotopic (exact) mass is 330 g/mol. The summed E-state index contributed by atoms with van der Waals surface area (Å²) in [6, 6.07) is 4.37. The van der Waals surface area contributed by atoms with Gasteiger partial charge in [0.2, 0.25) is 0 Å². The molecule has 0 amide bonds. The summed E-state index contributed by atoms with van der Waals surface area (Å²) in [5.74, 6) is 0. The molecule has 0 radical (unpaired) electrons. The molecule has 2 heterocycles. The molecule has 0 spiro atoms. The van der Waals surface area contributed by atoms with Gasteiger partial charge in [-0.15, -0.1) is 11.3 Å². The van der Waals surface area contributed by atoms with Crippen molar-refractivity contribution in [3.63, 3.8) is 0 Å². The van der Waals surface area contributed by atoms with Gasteiger partial charge < -0.3 is 5.32 Å². The maximum Gasteiger partial charge on any atom is 0.252 e. The maximum atomic E-state index is 12.7. The number of nitrogens with one attached hydrogen (secondary N) is 1. The first-order valence-electron chi connectivity index (χ1n) is 7.79. The average molecular weight is 331 g/mol. The number of hydrogen-bond acceptors (Lipinski definition) is 4. The zero-order valence-electron chi connectivity index (χ0n) is 13.1. The Balaban J connectivity index is 2.05. The topological polar surface area (TPSA) is 49.4 Å². The van der Waals surface area contributed by atoms with Crippen LogP contribution in [0.5, 0.6) is 0 Å². The van der Waals surface area contributed by atoms with E-state index in [0.29, 0.717) is 16.8 Å². The Bertz CT molecular complexity index is 552. The summed E-state index contributed by atoms with van der Waals surface area (Å²) in [7, 11) is -3.29. The quantitative estimate of drug-likeness (QED) is 0.836. The van der Waals surface area contributed by atoms with Crippen molar-refractivity contribution in [3.8, 4) is 0 Å². The van der Waals surface area contributed by atoms with E-state index in [1.165, 1.54) is 11.3 Å². The predicted molar refractivity (Wildman–Crippen MR) is 88.4 cm³/mol. The second kappa shape index (κ2) is 7.22. The molecule has 1 fully saturated rings. The van der Waals surface area contributed by atoms with Gasteiger partial charge in [-0.05, 0) is 37.8 Å². The third-order valence-corrected chi connectivity index (χ3v) is 7.48. The molecule has 21 heavy (non-hydrogen) atoms. The third-order valence-electron chi connectivity index (χ3n) is 3.92. The van der Waals surface area contributed by atoms with E-state index < -0.39 is 10.0 Å². The summed E-state index contributed by atoms with van der Waals surface area (Å²) in [5, 5.41) is 3.36. The molecular weight excluding hydrogens is 304 g/mol. The largest absolute Gasteiger partial charge is 0.314 e. The van der Waals surface area contributed by atoms with E-state index in [1.807, 2.05) is 6.07 Å². The molecule has 120 valence electrons. The summed E-state index contributed by atoms with van der Waals surface area (Å²) >= 11 is 1.42. The van der Waals surface area contributed by atoms with Gasteiger partial charge >= 0.3 is 0 Å². The Morgan fingerprint density at radius 3 is 2.86 bits per heavy atom. The number of sulfonamides is 1. The van der Waals surface area contributed by atoms with E-state index in [2.05, 4.69) is 26.1 Å². The molecule has 1 N–H and O–H groups in total. The van der Waals surface area contributed by atoms with E-state index in [9.17, 15) is 8.42 Å². The summed E-state index contributed by atoms with van der Waals surface area (Å²) in [5.41, 5.74) is 0. The zero-order chi connectivity index (χ0) is 15.5. The van der Waals surface area contributed by atoms with E-state index in [4.69, 9.17) is 0 Å². The highest BCUT2D eigenvalue weighted by Crippen LogP contribution is 2.31. The molecule has 2 rings (SSSR count). The van der Waals surface area contributed by atoms with E-state index in [-0.39, 0.29) is 6.04 Å². The molecule has 4 nitrogen and oxygen atoms in total. The first-order valence-corrected chi connectivity index (χ1v) is 10.0. The van der Waals surface area contributed by atoms with Gasteiger partial charge in [0, 0.05) is 30.1 Å². The molecule has 6 heteroatoms. The molecule has 1 atom stereocenters. The summed E-state index contributed by atoms with van der Waals surface area (Å²) in [6.07, 6.45) is 3.76. The molecule has 0 bridgehead atoms. The second-order valence-electron chi connectivity index (χ2n) is 5.90. The molecular formula is C15H26N2O2S2. The lowest BCUT2D eigenvalue weighted by atomic mass is 10.2. The molecule has 1 aromatic heterocycles. The van der Waals surface area contributed by atoms with Crippen LogP contribution in [0, 0.1) is 0 Å². The van der Waals surface area contributed by atoms with Crippen molar-refractivity contribution < 1.29 is 8.42 Å². The standard InChI is InChI=1S/C15H26N2O2S2/c1-4-13-6-5-11-17(13)21(18,19)15-8-7-14(20-15)9-10-16-12(2)3/h7-8,12-13,16H,4-6,9-11H2,1-3H3. The van der Waals surface area contributed by atoms with E-state index >= 15 is 0 Å². The lowest BCUT2D eigenvalue weighted by molar-refractivity contribution is 0.380. The van der Waals surface area contributed by atoms with Crippen molar-refractivity contribution >= 4 is 21.4 Å². The Morgan fingerprint density at radius 2 is 2.19 bits per heavy atom. The molecule has 0 saturated carbocycles. The molecule has 1 saturated heterocycles. The predicted octanol–water partition coefficient (Wildman–Crippen LogP) is 2.85. The van der Waals surface area contributed by atoms with Crippen LogP contribution < -0.4 is 5.32 Å². The van der Waals surface area contributed by atoms with Crippen LogP contribution in [-0.4, -0.2) is 37.9 Å². The van der Waals surface area contributed by atoms with Crippen molar-refractivity contribution in [2.45, 2.75) is 62.7 Å². The average Bonchev–Trinajstić information content (AvgIpc) is 3.07. The van der Waals surface area contributed by atoms with Crippen LogP contribution in [0.3, 0.4) is 0 Å². The number of hydrogen-bond donors (Lipinski definition) is 1. The van der Waals surface area contributed by atoms with Crippen LogP contribution in [0.25, 0.3) is 0 Å². The normalized spacial score (nSPS) is 20.5. The van der Waals surface area contributed by atoms with E-state index in [1.54, 1.807) is 10.4 Å². The van der Waals surface area contributed by atoms with Gasteiger partial charge in [-0.25, -0.2) is 8.42 Å². The van der Waals surface area contributed by atoms with Gasteiger partial charge in [-0.3, -0.25) is 0 Å². The van der Waals surface area contributed by atoms with Gasteiger partial charge in [-0.1, -0.05) is 20.8 Å². The van der Waals surface area contributed by atoms with Gasteiger partial charge in [0.25, 0.3) is 10.0 Å². The number of thiophene rings is 1. The minimum Gasteiger partial charge on any atom is -0.314 e. The molecule has 1 aliphatic heterocycles. The smallest absolute Gasteiger partial charge is 0.252 e. The van der Waals surface area contributed by atoms with Crippen molar-refractivity contribution in [3.05, 3.63) is 17.0 Å². The van der Waals surface area contributed by atoms with Gasteiger partial charge in [0.05, 0.1) is 0 Å². The minimum absolute atomic E-state index is 0.183. The zero-order valence-corrected chi connectivity index (χ0v) is 14.8. The maximum absolute atomic E-state index is 12.7. The van der Waals surface area contributed by atoms with Crippen molar-refractivity contribution in [1.82, 2.24) is 9.62 Å². The fourth-order valence-electron chi connectivity index (χ4n) is 2.76. The number of nitrogens with zero attached hydrogens (tertiary/aromatic N) is 1. The second-order valence-corrected chi connectivity index (χ2v) is 9.19. The van der Waals surface area contributed by atoms with Gasteiger partial charge in [0.1, 0.15) is 4.21 Å².